The molecule has 0 saturated carbocycles. The second kappa shape index (κ2) is 3.83. The smallest absolute Gasteiger partial charge is 0.123 e. The highest BCUT2D eigenvalue weighted by Gasteiger charge is 2.21. The molecule has 2 N–H and O–H groups in total. The Labute approximate surface area is 88.8 Å². The first-order valence-corrected chi connectivity index (χ1v) is 5.89. The minimum absolute atomic E-state index is 0.166. The van der Waals surface area contributed by atoms with Gasteiger partial charge < -0.3 is 10.5 Å². The number of rotatable bonds is 1. The molecule has 2 nitrogen and oxygen atoms in total. The number of hydrogen-bond acceptors (Lipinski definition) is 3. The van der Waals surface area contributed by atoms with Crippen LogP contribution in [0.4, 0.5) is 0 Å². The zero-order chi connectivity index (χ0) is 10.1. The summed E-state index contributed by atoms with van der Waals surface area (Å²) >= 11 is 1.88. The van der Waals surface area contributed by atoms with Crippen LogP contribution in [0.1, 0.15) is 22.7 Å². The third kappa shape index (κ3) is 1.51. The van der Waals surface area contributed by atoms with Crippen LogP contribution >= 0.6 is 11.8 Å². The zero-order valence-corrected chi connectivity index (χ0v) is 9.36. The fourth-order valence-electron chi connectivity index (χ4n) is 1.99. The molecule has 1 aliphatic rings. The molecule has 0 radical (unpaired) electrons. The number of ether oxygens (including phenoxy) is 1. The fourth-order valence-corrected chi connectivity index (χ4v) is 3.03. The lowest BCUT2D eigenvalue weighted by molar-refractivity contribution is 0.410. The Bertz CT molecular complexity index is 351. The number of thioether (sulfide) groups is 1. The lowest BCUT2D eigenvalue weighted by Gasteiger charge is -2.25. The summed E-state index contributed by atoms with van der Waals surface area (Å²) in [6, 6.07) is 4.29. The summed E-state index contributed by atoms with van der Waals surface area (Å²) in [4.78, 5) is 0. The van der Waals surface area contributed by atoms with E-state index in [1.54, 1.807) is 7.11 Å². The van der Waals surface area contributed by atoms with Gasteiger partial charge in [-0.2, -0.15) is 11.8 Å². The quantitative estimate of drug-likeness (QED) is 0.770. The van der Waals surface area contributed by atoms with E-state index in [1.807, 2.05) is 17.8 Å². The Hall–Kier alpha value is -0.670. The van der Waals surface area contributed by atoms with E-state index in [-0.39, 0.29) is 6.04 Å². The molecule has 76 valence electrons. The van der Waals surface area contributed by atoms with Gasteiger partial charge in [0.05, 0.1) is 7.11 Å². The monoisotopic (exact) mass is 209 g/mol. The molecule has 0 aromatic heterocycles. The normalized spacial score (nSPS) is 20.4. The van der Waals surface area contributed by atoms with Gasteiger partial charge >= 0.3 is 0 Å². The second-order valence-electron chi connectivity index (χ2n) is 3.60. The van der Waals surface area contributed by atoms with Crippen LogP contribution in [0.15, 0.2) is 12.1 Å². The third-order valence-electron chi connectivity index (χ3n) is 2.67. The van der Waals surface area contributed by atoms with Crippen LogP contribution < -0.4 is 10.5 Å². The van der Waals surface area contributed by atoms with Gasteiger partial charge in [-0.15, -0.1) is 0 Å². The Kier molecular flexibility index (Phi) is 2.70. The van der Waals surface area contributed by atoms with E-state index >= 15 is 0 Å². The number of fused-ring (bicyclic) bond motifs is 1. The predicted octanol–water partition coefficient (Wildman–Crippen LogP) is 2.25. The number of aryl methyl sites for hydroxylation is 1. The summed E-state index contributed by atoms with van der Waals surface area (Å²) in [5.74, 6) is 3.02. The van der Waals surface area contributed by atoms with Gasteiger partial charge in [0.2, 0.25) is 0 Å². The van der Waals surface area contributed by atoms with Crippen LogP contribution in [-0.4, -0.2) is 12.9 Å². The van der Waals surface area contributed by atoms with E-state index < -0.39 is 0 Å². The lowest BCUT2D eigenvalue weighted by Crippen LogP contribution is -2.20. The molecule has 14 heavy (non-hydrogen) atoms. The van der Waals surface area contributed by atoms with Gasteiger partial charge in [0, 0.05) is 23.1 Å². The van der Waals surface area contributed by atoms with Crippen LogP contribution in [0.3, 0.4) is 0 Å². The van der Waals surface area contributed by atoms with Gasteiger partial charge in [0.25, 0.3) is 0 Å². The highest BCUT2D eigenvalue weighted by Crippen LogP contribution is 2.37. The third-order valence-corrected chi connectivity index (χ3v) is 3.75. The van der Waals surface area contributed by atoms with Crippen molar-refractivity contribution < 1.29 is 4.74 Å². The first-order chi connectivity index (χ1) is 6.74. The molecule has 1 aromatic carbocycles. The molecule has 0 saturated heterocycles. The number of methoxy groups -OCH3 is 1. The maximum Gasteiger partial charge on any atom is 0.123 e. The molecular formula is C11H15NOS. The average Bonchev–Trinajstić information content (AvgIpc) is 2.18. The number of hydrogen-bond donors (Lipinski definition) is 1. The van der Waals surface area contributed by atoms with E-state index in [2.05, 4.69) is 13.0 Å². The first kappa shape index (κ1) is 9.87. The summed E-state index contributed by atoms with van der Waals surface area (Å²) in [5.41, 5.74) is 9.96. The van der Waals surface area contributed by atoms with Crippen molar-refractivity contribution in [2.45, 2.75) is 18.7 Å². The van der Waals surface area contributed by atoms with Crippen molar-refractivity contribution in [3.63, 3.8) is 0 Å². The molecule has 1 heterocycles. The Morgan fingerprint density at radius 1 is 1.50 bits per heavy atom. The summed E-state index contributed by atoms with van der Waals surface area (Å²) in [7, 11) is 1.72. The van der Waals surface area contributed by atoms with Crippen LogP contribution in [0.5, 0.6) is 5.75 Å². The van der Waals surface area contributed by atoms with Gasteiger partial charge in [0.1, 0.15) is 5.75 Å². The highest BCUT2D eigenvalue weighted by atomic mass is 32.2. The summed E-state index contributed by atoms with van der Waals surface area (Å²) < 4.78 is 5.35. The van der Waals surface area contributed by atoms with Crippen molar-refractivity contribution in [3.05, 3.63) is 28.8 Å². The summed E-state index contributed by atoms with van der Waals surface area (Å²) in [6.07, 6.45) is 0. The van der Waals surface area contributed by atoms with Crippen molar-refractivity contribution in [1.82, 2.24) is 0 Å². The van der Waals surface area contributed by atoms with Gasteiger partial charge in [0.15, 0.2) is 0 Å². The summed E-state index contributed by atoms with van der Waals surface area (Å²) in [5, 5.41) is 0. The molecule has 0 bridgehead atoms. The van der Waals surface area contributed by atoms with E-state index in [1.165, 1.54) is 16.7 Å². The second-order valence-corrected chi connectivity index (χ2v) is 4.63. The number of nitrogens with two attached hydrogens (primary N) is 1. The molecule has 0 amide bonds. The van der Waals surface area contributed by atoms with Gasteiger partial charge in [-0.05, 0) is 24.1 Å². The molecule has 1 atom stereocenters. The van der Waals surface area contributed by atoms with Crippen LogP contribution in [0, 0.1) is 6.92 Å². The Morgan fingerprint density at radius 2 is 2.29 bits per heavy atom. The van der Waals surface area contributed by atoms with Crippen molar-refractivity contribution in [2.75, 3.05) is 12.9 Å². The Morgan fingerprint density at radius 3 is 3.00 bits per heavy atom. The van der Waals surface area contributed by atoms with Crippen molar-refractivity contribution in [2.24, 2.45) is 5.73 Å². The molecule has 0 spiro atoms. The maximum absolute atomic E-state index is 6.09. The van der Waals surface area contributed by atoms with E-state index in [4.69, 9.17) is 10.5 Å². The molecule has 1 aliphatic heterocycles. The standard InChI is InChI=1S/C11H15NOS/c1-7-3-4-10(13-2)8-5-14-6-9(12)11(7)8/h3-4,9H,5-6,12H2,1-2H3. The van der Waals surface area contributed by atoms with Crippen molar-refractivity contribution in [1.29, 1.82) is 0 Å². The molecule has 1 unspecified atom stereocenters. The topological polar surface area (TPSA) is 35.2 Å². The van der Waals surface area contributed by atoms with Gasteiger partial charge in [-0.3, -0.25) is 0 Å². The minimum Gasteiger partial charge on any atom is -0.496 e. The molecule has 3 heteroatoms. The molecule has 2 rings (SSSR count). The molecule has 1 aromatic rings. The summed E-state index contributed by atoms with van der Waals surface area (Å²) in [6.45, 7) is 2.12. The largest absolute Gasteiger partial charge is 0.496 e. The van der Waals surface area contributed by atoms with Gasteiger partial charge in [-0.25, -0.2) is 0 Å². The van der Waals surface area contributed by atoms with Crippen LogP contribution in [0.2, 0.25) is 0 Å². The fraction of sp³-hybridized carbons (Fsp3) is 0.455. The molecule has 0 aliphatic carbocycles. The van der Waals surface area contributed by atoms with Crippen molar-refractivity contribution >= 4 is 11.8 Å². The predicted molar refractivity (Wildman–Crippen MR) is 60.8 cm³/mol. The van der Waals surface area contributed by atoms with Crippen LogP contribution in [0.25, 0.3) is 0 Å². The Balaban J connectivity index is 2.57. The van der Waals surface area contributed by atoms with E-state index in [0.29, 0.717) is 0 Å². The van der Waals surface area contributed by atoms with Gasteiger partial charge in [-0.1, -0.05) is 6.07 Å². The lowest BCUT2D eigenvalue weighted by atomic mass is 9.96. The minimum atomic E-state index is 0.166. The van der Waals surface area contributed by atoms with E-state index in [9.17, 15) is 0 Å². The molecular weight excluding hydrogens is 194 g/mol. The zero-order valence-electron chi connectivity index (χ0n) is 8.54. The average molecular weight is 209 g/mol. The maximum atomic E-state index is 6.09. The molecule has 0 fully saturated rings. The SMILES string of the molecule is COc1ccc(C)c2c1CSCC2N. The number of benzene rings is 1. The van der Waals surface area contributed by atoms with Crippen molar-refractivity contribution in [3.8, 4) is 5.75 Å². The first-order valence-electron chi connectivity index (χ1n) is 4.73. The van der Waals surface area contributed by atoms with E-state index in [0.717, 1.165) is 17.3 Å². The highest BCUT2D eigenvalue weighted by molar-refractivity contribution is 7.98. The van der Waals surface area contributed by atoms with Crippen LogP contribution in [-0.2, 0) is 5.75 Å².